The number of benzene rings is 2. The SMILES string of the molecule is CCCOc1ccccc1N1CCN(CC(O)CN2C=c3ccccc3=NN2)CC1. The van der Waals surface area contributed by atoms with Crippen LogP contribution in [0.3, 0.4) is 0 Å². The third kappa shape index (κ3) is 5.04. The zero-order valence-corrected chi connectivity index (χ0v) is 17.6. The van der Waals surface area contributed by atoms with E-state index in [0.29, 0.717) is 13.1 Å². The summed E-state index contributed by atoms with van der Waals surface area (Å²) in [5, 5.41) is 18.8. The molecule has 2 aliphatic heterocycles. The lowest BCUT2D eigenvalue weighted by Crippen LogP contribution is -2.51. The molecule has 0 saturated carbocycles. The van der Waals surface area contributed by atoms with Gasteiger partial charge in [0, 0.05) is 44.1 Å². The number of β-amino-alcohol motifs (C(OH)–C–C–N with tert-alkyl or cyclic N) is 1. The average molecular weight is 410 g/mol. The Morgan fingerprint density at radius 2 is 1.80 bits per heavy atom. The van der Waals surface area contributed by atoms with E-state index in [9.17, 15) is 5.11 Å². The predicted molar refractivity (Wildman–Crippen MR) is 118 cm³/mol. The van der Waals surface area contributed by atoms with Crippen LogP contribution in [0.15, 0.2) is 53.6 Å². The van der Waals surface area contributed by atoms with E-state index in [0.717, 1.165) is 55.5 Å². The van der Waals surface area contributed by atoms with E-state index in [4.69, 9.17) is 4.74 Å². The highest BCUT2D eigenvalue weighted by Crippen LogP contribution is 2.29. The molecule has 1 unspecified atom stereocenters. The maximum atomic E-state index is 10.6. The van der Waals surface area contributed by atoms with Crippen LogP contribution in [0.4, 0.5) is 5.69 Å². The van der Waals surface area contributed by atoms with Crippen LogP contribution in [0, 0.1) is 0 Å². The van der Waals surface area contributed by atoms with Crippen molar-refractivity contribution in [2.45, 2.75) is 19.4 Å². The molecule has 2 aliphatic rings. The van der Waals surface area contributed by atoms with Crippen LogP contribution in [0.1, 0.15) is 13.3 Å². The van der Waals surface area contributed by atoms with Crippen molar-refractivity contribution in [2.24, 2.45) is 5.10 Å². The fourth-order valence-electron chi connectivity index (χ4n) is 3.91. The van der Waals surface area contributed by atoms with E-state index in [-0.39, 0.29) is 0 Å². The number of para-hydroxylation sites is 3. The van der Waals surface area contributed by atoms with E-state index in [1.807, 2.05) is 47.6 Å². The highest BCUT2D eigenvalue weighted by molar-refractivity contribution is 5.58. The Labute approximate surface area is 177 Å². The summed E-state index contributed by atoms with van der Waals surface area (Å²) >= 11 is 0. The van der Waals surface area contributed by atoms with Gasteiger partial charge in [-0.05, 0) is 24.6 Å². The number of rotatable bonds is 8. The van der Waals surface area contributed by atoms with Gasteiger partial charge >= 0.3 is 0 Å². The number of aliphatic hydroxyl groups is 1. The first-order valence-corrected chi connectivity index (χ1v) is 10.8. The second kappa shape index (κ2) is 9.82. The van der Waals surface area contributed by atoms with Gasteiger partial charge in [0.1, 0.15) is 5.75 Å². The van der Waals surface area contributed by atoms with Crippen molar-refractivity contribution in [1.29, 1.82) is 0 Å². The predicted octanol–water partition coefficient (Wildman–Crippen LogP) is 0.751. The summed E-state index contributed by atoms with van der Waals surface area (Å²) in [4.78, 5) is 4.70. The van der Waals surface area contributed by atoms with Gasteiger partial charge in [-0.15, -0.1) is 0 Å². The molecule has 1 saturated heterocycles. The molecule has 7 heteroatoms. The summed E-state index contributed by atoms with van der Waals surface area (Å²) in [6, 6.07) is 16.2. The zero-order chi connectivity index (χ0) is 20.8. The number of aliphatic hydroxyl groups excluding tert-OH is 1. The van der Waals surface area contributed by atoms with Crippen LogP contribution in [0.25, 0.3) is 6.20 Å². The van der Waals surface area contributed by atoms with E-state index in [1.165, 1.54) is 5.69 Å². The maximum Gasteiger partial charge on any atom is 0.142 e. The molecular weight excluding hydrogens is 378 g/mol. The van der Waals surface area contributed by atoms with Crippen LogP contribution in [-0.4, -0.2) is 67.0 Å². The Morgan fingerprint density at radius 1 is 1.03 bits per heavy atom. The molecule has 0 radical (unpaired) electrons. The van der Waals surface area contributed by atoms with Gasteiger partial charge in [0.05, 0.1) is 30.3 Å². The highest BCUT2D eigenvalue weighted by atomic mass is 16.5. The van der Waals surface area contributed by atoms with Gasteiger partial charge in [0.2, 0.25) is 0 Å². The minimum absolute atomic E-state index is 0.457. The molecule has 2 aromatic carbocycles. The highest BCUT2D eigenvalue weighted by Gasteiger charge is 2.22. The number of hydrogen-bond donors (Lipinski definition) is 2. The monoisotopic (exact) mass is 409 g/mol. The van der Waals surface area contributed by atoms with Crippen molar-refractivity contribution in [2.75, 3.05) is 50.8 Å². The van der Waals surface area contributed by atoms with Crippen molar-refractivity contribution in [3.8, 4) is 5.75 Å². The van der Waals surface area contributed by atoms with Crippen LogP contribution >= 0.6 is 0 Å². The second-order valence-electron chi connectivity index (χ2n) is 7.81. The smallest absolute Gasteiger partial charge is 0.142 e. The summed E-state index contributed by atoms with van der Waals surface area (Å²) in [5.41, 5.74) is 4.16. The van der Waals surface area contributed by atoms with E-state index in [1.54, 1.807) is 0 Å². The summed E-state index contributed by atoms with van der Waals surface area (Å²) in [7, 11) is 0. The average Bonchev–Trinajstić information content (AvgIpc) is 2.78. The normalized spacial score (nSPS) is 17.4. The van der Waals surface area contributed by atoms with Gasteiger partial charge in [-0.2, -0.15) is 5.10 Å². The number of ether oxygens (including phenoxy) is 1. The number of nitrogens with one attached hydrogen (secondary N) is 1. The minimum atomic E-state index is -0.457. The molecule has 1 atom stereocenters. The number of hydrogen-bond acceptors (Lipinski definition) is 7. The fourth-order valence-corrected chi connectivity index (χ4v) is 3.91. The first-order valence-electron chi connectivity index (χ1n) is 10.8. The Morgan fingerprint density at radius 3 is 2.63 bits per heavy atom. The van der Waals surface area contributed by atoms with Crippen molar-refractivity contribution < 1.29 is 9.84 Å². The zero-order valence-electron chi connectivity index (χ0n) is 17.6. The summed E-state index contributed by atoms with van der Waals surface area (Å²) in [5.74, 6) is 0.962. The standard InChI is InChI=1S/C23H31N5O2/c1-2-15-30-23-10-6-5-9-22(23)27-13-11-26(12-14-27)17-20(29)18-28-16-19-7-3-4-8-21(19)24-25-28/h3-10,16,20,25,29H,2,11-15,17-18H2,1H3. The van der Waals surface area contributed by atoms with Crippen LogP contribution < -0.4 is 25.7 Å². The second-order valence-corrected chi connectivity index (χ2v) is 7.81. The molecule has 0 bridgehead atoms. The molecule has 0 amide bonds. The van der Waals surface area contributed by atoms with Crippen LogP contribution in [0.5, 0.6) is 5.75 Å². The Balaban J connectivity index is 1.28. The third-order valence-corrected chi connectivity index (χ3v) is 5.45. The fraction of sp³-hybridized carbons (Fsp3) is 0.435. The molecular formula is C23H31N5O2. The van der Waals surface area contributed by atoms with Gasteiger partial charge in [0.15, 0.2) is 0 Å². The van der Waals surface area contributed by atoms with E-state index >= 15 is 0 Å². The topological polar surface area (TPSA) is 63.6 Å². The quantitative estimate of drug-likeness (QED) is 0.671. The first kappa shape index (κ1) is 20.5. The summed E-state index contributed by atoms with van der Waals surface area (Å²) < 4.78 is 5.92. The van der Waals surface area contributed by atoms with Crippen molar-refractivity contribution in [3.05, 3.63) is 59.1 Å². The molecule has 0 aliphatic carbocycles. The largest absolute Gasteiger partial charge is 0.491 e. The maximum absolute atomic E-state index is 10.6. The molecule has 2 heterocycles. The molecule has 160 valence electrons. The number of fused-ring (bicyclic) bond motifs is 1. The molecule has 1 fully saturated rings. The number of piperazine rings is 1. The van der Waals surface area contributed by atoms with Gasteiger partial charge in [0.25, 0.3) is 0 Å². The van der Waals surface area contributed by atoms with Gasteiger partial charge in [-0.3, -0.25) is 9.91 Å². The van der Waals surface area contributed by atoms with Gasteiger partial charge in [-0.25, -0.2) is 5.53 Å². The van der Waals surface area contributed by atoms with E-state index < -0.39 is 6.10 Å². The van der Waals surface area contributed by atoms with Crippen molar-refractivity contribution in [1.82, 2.24) is 15.4 Å². The molecule has 2 N–H and O–H groups in total. The van der Waals surface area contributed by atoms with Crippen LogP contribution in [-0.2, 0) is 0 Å². The lowest BCUT2D eigenvalue weighted by molar-refractivity contribution is 0.0764. The summed E-state index contributed by atoms with van der Waals surface area (Å²) in [6.07, 6.45) is 2.54. The molecule has 0 aromatic heterocycles. The van der Waals surface area contributed by atoms with Crippen molar-refractivity contribution in [3.63, 3.8) is 0 Å². The molecule has 7 nitrogen and oxygen atoms in total. The lowest BCUT2D eigenvalue weighted by Gasteiger charge is -2.37. The molecule has 0 spiro atoms. The molecule has 2 aromatic rings. The number of hydrazine groups is 1. The molecule has 4 rings (SSSR count). The Hall–Kier alpha value is -2.77. The number of anilines is 1. The lowest BCUT2D eigenvalue weighted by atomic mass is 10.2. The first-order chi connectivity index (χ1) is 14.7. The Kier molecular flexibility index (Phi) is 6.71. The molecule has 30 heavy (non-hydrogen) atoms. The third-order valence-electron chi connectivity index (χ3n) is 5.45. The minimum Gasteiger partial charge on any atom is -0.491 e. The Bertz CT molecular complexity index is 943. The van der Waals surface area contributed by atoms with Crippen LogP contribution in [0.2, 0.25) is 0 Å². The van der Waals surface area contributed by atoms with Gasteiger partial charge < -0.3 is 14.7 Å². The van der Waals surface area contributed by atoms with Gasteiger partial charge in [-0.1, -0.05) is 37.3 Å². The van der Waals surface area contributed by atoms with Crippen molar-refractivity contribution >= 4 is 11.9 Å². The summed E-state index contributed by atoms with van der Waals surface area (Å²) in [6.45, 7) is 7.69. The van der Waals surface area contributed by atoms with E-state index in [2.05, 4.69) is 39.5 Å². The number of nitrogens with zero attached hydrogens (tertiary/aromatic N) is 4.